The summed E-state index contributed by atoms with van der Waals surface area (Å²) in [5.41, 5.74) is 0.333. The van der Waals surface area contributed by atoms with Gasteiger partial charge >= 0.3 is 5.97 Å². The molecule has 160 valence electrons. The molecule has 1 heterocycles. The maximum Gasteiger partial charge on any atom is 0.341 e. The third kappa shape index (κ3) is 6.35. The van der Waals surface area contributed by atoms with E-state index in [2.05, 4.69) is 23.1 Å². The number of likely N-dealkylation sites (tertiary alicyclic amines) is 1. The second-order valence-corrected chi connectivity index (χ2v) is 9.04. The van der Waals surface area contributed by atoms with E-state index in [1.54, 1.807) is 20.8 Å². The molecule has 0 atom stereocenters. The molecule has 0 N–H and O–H groups in total. The minimum absolute atomic E-state index is 0.189. The topological polar surface area (TPSA) is 38.8 Å². The normalized spacial score (nSPS) is 15.5. The summed E-state index contributed by atoms with van der Waals surface area (Å²) in [6.45, 7) is 8.51. The van der Waals surface area contributed by atoms with Crippen molar-refractivity contribution in [2.24, 2.45) is 5.92 Å². The van der Waals surface area contributed by atoms with E-state index in [0.717, 1.165) is 32.5 Å². The molecular weight excluding hydrogens is 405 g/mol. The van der Waals surface area contributed by atoms with Gasteiger partial charge in [-0.3, -0.25) is 4.90 Å². The molecule has 4 nitrogen and oxygen atoms in total. The van der Waals surface area contributed by atoms with Crippen LogP contribution in [-0.4, -0.2) is 36.2 Å². The number of hydrogen-bond acceptors (Lipinski definition) is 4. The maximum absolute atomic E-state index is 14.4. The number of ether oxygens (including phenoxy) is 2. The fourth-order valence-electron chi connectivity index (χ4n) is 3.38. The van der Waals surface area contributed by atoms with E-state index >= 15 is 0 Å². The molecule has 0 amide bonds. The third-order valence-corrected chi connectivity index (χ3v) is 5.25. The van der Waals surface area contributed by atoms with Crippen LogP contribution in [0.15, 0.2) is 30.3 Å². The zero-order valence-electron chi connectivity index (χ0n) is 17.6. The maximum atomic E-state index is 14.4. The van der Waals surface area contributed by atoms with E-state index in [9.17, 15) is 9.18 Å². The van der Waals surface area contributed by atoms with Crippen LogP contribution in [-0.2, 0) is 11.3 Å². The van der Waals surface area contributed by atoms with Gasteiger partial charge < -0.3 is 9.47 Å². The highest BCUT2D eigenvalue weighted by atomic mass is 35.5. The first kappa shape index (κ1) is 22.4. The van der Waals surface area contributed by atoms with Crippen molar-refractivity contribution in [2.75, 3.05) is 19.7 Å². The van der Waals surface area contributed by atoms with Crippen LogP contribution in [0.5, 0.6) is 5.75 Å². The van der Waals surface area contributed by atoms with Crippen LogP contribution in [0.2, 0.25) is 5.02 Å². The Hall–Kier alpha value is -2.29. The van der Waals surface area contributed by atoms with E-state index < -0.39 is 17.4 Å². The number of halogens is 2. The second kappa shape index (κ2) is 9.68. The lowest BCUT2D eigenvalue weighted by atomic mass is 9.97. The van der Waals surface area contributed by atoms with E-state index in [1.807, 2.05) is 12.1 Å². The monoisotopic (exact) mass is 431 g/mol. The van der Waals surface area contributed by atoms with Crippen molar-refractivity contribution in [1.82, 2.24) is 4.90 Å². The Balaban J connectivity index is 1.51. The van der Waals surface area contributed by atoms with Gasteiger partial charge in [0.1, 0.15) is 17.2 Å². The van der Waals surface area contributed by atoms with Gasteiger partial charge in [0.05, 0.1) is 17.2 Å². The number of carbonyl (C=O) groups is 1. The van der Waals surface area contributed by atoms with Gasteiger partial charge in [-0.15, -0.1) is 0 Å². The number of hydrogen-bond donors (Lipinski definition) is 0. The van der Waals surface area contributed by atoms with Crippen molar-refractivity contribution in [2.45, 2.75) is 45.8 Å². The van der Waals surface area contributed by atoms with Crippen LogP contribution in [0.3, 0.4) is 0 Å². The highest BCUT2D eigenvalue weighted by molar-refractivity contribution is 6.32. The van der Waals surface area contributed by atoms with Crippen molar-refractivity contribution in [3.05, 3.63) is 64.4 Å². The summed E-state index contributed by atoms with van der Waals surface area (Å²) in [6.07, 6.45) is 2.00. The number of carbonyl (C=O) groups excluding carboxylic acids is 1. The summed E-state index contributed by atoms with van der Waals surface area (Å²) in [5.74, 6) is -0.813. The molecule has 0 unspecified atom stereocenters. The Bertz CT molecular complexity index is 859. The minimum Gasteiger partial charge on any atom is -0.492 e. The standard InChI is InChI=1S/C24H27ClFNO3/c1-24(2,3)30-23(28)19-13-20(25)22(14-21(19)26)29-16-18-9-11-27(12-10-18)15-17-7-5-4-6-8-17/h5,7-8,13-14,18H,9-12,15-16H2,1-3H3. The van der Waals surface area contributed by atoms with Crippen molar-refractivity contribution >= 4 is 17.6 Å². The molecule has 1 aliphatic heterocycles. The van der Waals surface area contributed by atoms with Gasteiger partial charge in [-0.05, 0) is 82.4 Å². The first-order chi connectivity index (χ1) is 14.2. The number of esters is 1. The molecule has 1 aliphatic rings. The molecule has 0 aliphatic carbocycles. The smallest absolute Gasteiger partial charge is 0.341 e. The summed E-state index contributed by atoms with van der Waals surface area (Å²) in [4.78, 5) is 14.5. The van der Waals surface area contributed by atoms with E-state index in [0.29, 0.717) is 12.5 Å². The molecule has 6 heteroatoms. The minimum atomic E-state index is -0.741. The number of benzene rings is 1. The van der Waals surface area contributed by atoms with Crippen LogP contribution in [0.25, 0.3) is 0 Å². The van der Waals surface area contributed by atoms with Gasteiger partial charge in [-0.2, -0.15) is 0 Å². The molecule has 1 saturated heterocycles. The van der Waals surface area contributed by atoms with Gasteiger partial charge in [0, 0.05) is 12.6 Å². The fraction of sp³-hybridized carbons (Fsp3) is 0.458. The lowest BCUT2D eigenvalue weighted by Gasteiger charge is -2.31. The number of piperidine rings is 1. The van der Waals surface area contributed by atoms with Crippen LogP contribution in [0.4, 0.5) is 4.39 Å². The molecule has 2 aromatic carbocycles. The van der Waals surface area contributed by atoms with Gasteiger partial charge in [0.2, 0.25) is 0 Å². The Morgan fingerprint density at radius 1 is 1.27 bits per heavy atom. The first-order valence-electron chi connectivity index (χ1n) is 10.2. The van der Waals surface area contributed by atoms with E-state index in [4.69, 9.17) is 21.1 Å². The van der Waals surface area contributed by atoms with Crippen LogP contribution < -0.4 is 4.74 Å². The Morgan fingerprint density at radius 3 is 2.63 bits per heavy atom. The lowest BCUT2D eigenvalue weighted by Crippen LogP contribution is -2.35. The molecule has 0 saturated carbocycles. The van der Waals surface area contributed by atoms with Crippen molar-refractivity contribution in [1.29, 1.82) is 0 Å². The molecule has 0 spiro atoms. The van der Waals surface area contributed by atoms with Gasteiger partial charge in [-0.1, -0.05) is 23.7 Å². The highest BCUT2D eigenvalue weighted by Gasteiger charge is 2.24. The van der Waals surface area contributed by atoms with Crippen molar-refractivity contribution < 1.29 is 18.7 Å². The quantitative estimate of drug-likeness (QED) is 0.580. The summed E-state index contributed by atoms with van der Waals surface area (Å²) in [6, 6.07) is 14.2. The van der Waals surface area contributed by atoms with Crippen LogP contribution in [0, 0.1) is 23.9 Å². The largest absolute Gasteiger partial charge is 0.492 e. The average Bonchev–Trinajstić information content (AvgIpc) is 2.69. The fourth-order valence-corrected chi connectivity index (χ4v) is 3.60. The molecule has 30 heavy (non-hydrogen) atoms. The lowest BCUT2D eigenvalue weighted by molar-refractivity contribution is 0.00646. The molecule has 2 aromatic rings. The van der Waals surface area contributed by atoms with Crippen LogP contribution >= 0.6 is 11.6 Å². The molecule has 0 radical (unpaired) electrons. The zero-order chi connectivity index (χ0) is 21.7. The predicted molar refractivity (Wildman–Crippen MR) is 114 cm³/mol. The third-order valence-electron chi connectivity index (χ3n) is 4.95. The SMILES string of the molecule is CC(C)(C)OC(=O)c1cc(Cl)c(OCC2CCN(Cc3cc#ccc3)CC2)cc1F. The van der Waals surface area contributed by atoms with Gasteiger partial charge in [-0.25, -0.2) is 9.18 Å². The molecule has 0 bridgehead atoms. The summed E-state index contributed by atoms with van der Waals surface area (Å²) in [7, 11) is 0. The highest BCUT2D eigenvalue weighted by Crippen LogP contribution is 2.30. The first-order valence-corrected chi connectivity index (χ1v) is 10.5. The summed E-state index contributed by atoms with van der Waals surface area (Å²) < 4.78 is 25.4. The summed E-state index contributed by atoms with van der Waals surface area (Å²) in [5, 5.41) is 0.201. The number of rotatable bonds is 6. The predicted octanol–water partition coefficient (Wildman–Crippen LogP) is 5.33. The molecular formula is C24H27ClFNO3. The van der Waals surface area contributed by atoms with E-state index in [1.165, 1.54) is 17.7 Å². The van der Waals surface area contributed by atoms with Gasteiger partial charge in [0.15, 0.2) is 0 Å². The second-order valence-electron chi connectivity index (χ2n) is 8.64. The number of nitrogens with zero attached hydrogens (tertiary/aromatic N) is 1. The van der Waals surface area contributed by atoms with Gasteiger partial charge in [0.25, 0.3) is 0 Å². The Kier molecular flexibility index (Phi) is 7.23. The Morgan fingerprint density at radius 2 is 2.00 bits per heavy atom. The van der Waals surface area contributed by atoms with Crippen LogP contribution in [0.1, 0.15) is 49.5 Å². The zero-order valence-corrected chi connectivity index (χ0v) is 18.4. The van der Waals surface area contributed by atoms with Crippen molar-refractivity contribution in [3.8, 4) is 5.75 Å². The molecule has 3 rings (SSSR count). The average molecular weight is 432 g/mol. The molecule has 1 fully saturated rings. The Labute approximate surface area is 182 Å². The summed E-state index contributed by atoms with van der Waals surface area (Å²) >= 11 is 6.23. The molecule has 0 aromatic heterocycles. The van der Waals surface area contributed by atoms with Crippen molar-refractivity contribution in [3.63, 3.8) is 0 Å². The van der Waals surface area contributed by atoms with E-state index in [-0.39, 0.29) is 16.3 Å².